The minimum atomic E-state index is -0.455. The van der Waals surface area contributed by atoms with Gasteiger partial charge in [0.05, 0.1) is 0 Å². The van der Waals surface area contributed by atoms with Gasteiger partial charge < -0.3 is 15.8 Å². The molecule has 0 radical (unpaired) electrons. The van der Waals surface area contributed by atoms with E-state index in [2.05, 4.69) is 5.32 Å². The van der Waals surface area contributed by atoms with Gasteiger partial charge in [-0.2, -0.15) is 0 Å². The van der Waals surface area contributed by atoms with E-state index in [9.17, 15) is 9.18 Å². The molecule has 1 aromatic rings. The molecule has 0 fully saturated rings. The summed E-state index contributed by atoms with van der Waals surface area (Å²) >= 11 is 0. The Balaban J connectivity index is 0.00000289. The van der Waals surface area contributed by atoms with Gasteiger partial charge in [0.15, 0.2) is 6.61 Å². The molecule has 1 rings (SSSR count). The van der Waals surface area contributed by atoms with Gasteiger partial charge in [-0.25, -0.2) is 4.39 Å². The minimum Gasteiger partial charge on any atom is -0.484 e. The van der Waals surface area contributed by atoms with Crippen molar-refractivity contribution in [3.05, 3.63) is 30.1 Å². The highest BCUT2D eigenvalue weighted by Gasteiger charge is 2.18. The number of benzene rings is 1. The molecule has 0 aliphatic rings. The van der Waals surface area contributed by atoms with Crippen molar-refractivity contribution < 1.29 is 13.9 Å². The molecule has 1 aromatic carbocycles. The lowest BCUT2D eigenvalue weighted by molar-refractivity contribution is -0.124. The van der Waals surface area contributed by atoms with Gasteiger partial charge in [0.1, 0.15) is 11.6 Å². The second-order valence-corrected chi connectivity index (χ2v) is 4.38. The highest BCUT2D eigenvalue weighted by atomic mass is 35.5. The molecule has 0 heterocycles. The first-order valence-electron chi connectivity index (χ1n) is 5.32. The van der Waals surface area contributed by atoms with Crippen molar-refractivity contribution in [2.75, 3.05) is 13.2 Å². The van der Waals surface area contributed by atoms with Gasteiger partial charge in [0, 0.05) is 12.1 Å². The minimum absolute atomic E-state index is 0. The number of nitrogens with one attached hydrogen (secondary N) is 1. The van der Waals surface area contributed by atoms with Gasteiger partial charge in [-0.3, -0.25) is 4.79 Å². The molecule has 0 saturated carbocycles. The Hall–Kier alpha value is -1.33. The quantitative estimate of drug-likeness (QED) is 0.856. The monoisotopic (exact) mass is 276 g/mol. The van der Waals surface area contributed by atoms with E-state index in [-0.39, 0.29) is 30.7 Å². The van der Waals surface area contributed by atoms with Gasteiger partial charge in [-0.15, -0.1) is 12.4 Å². The summed E-state index contributed by atoms with van der Waals surface area (Å²) in [6.45, 7) is 3.87. The van der Waals surface area contributed by atoms with E-state index in [0.29, 0.717) is 12.3 Å². The maximum absolute atomic E-state index is 12.6. The third kappa shape index (κ3) is 5.84. The molecular formula is C12H18ClFN2O2. The van der Waals surface area contributed by atoms with E-state index in [1.165, 1.54) is 24.3 Å². The number of amides is 1. The topological polar surface area (TPSA) is 64.3 Å². The number of carbonyl (C=O) groups excluding carboxylic acids is 1. The smallest absolute Gasteiger partial charge is 0.258 e. The van der Waals surface area contributed by atoms with Crippen LogP contribution in [0.2, 0.25) is 0 Å². The summed E-state index contributed by atoms with van der Waals surface area (Å²) in [6.07, 6.45) is 0. The van der Waals surface area contributed by atoms with Gasteiger partial charge in [-0.05, 0) is 38.1 Å². The molecule has 18 heavy (non-hydrogen) atoms. The molecule has 1 amide bonds. The lowest BCUT2D eigenvalue weighted by atomic mass is 10.1. The highest BCUT2D eigenvalue weighted by molar-refractivity contribution is 5.85. The maximum atomic E-state index is 12.6. The van der Waals surface area contributed by atoms with Crippen LogP contribution in [0.25, 0.3) is 0 Å². The normalized spacial score (nSPS) is 10.4. The molecule has 6 heteroatoms. The Morgan fingerprint density at radius 3 is 2.44 bits per heavy atom. The van der Waals surface area contributed by atoms with Crippen LogP contribution in [0.4, 0.5) is 4.39 Å². The Morgan fingerprint density at radius 1 is 1.39 bits per heavy atom. The highest BCUT2D eigenvalue weighted by Crippen LogP contribution is 2.10. The molecule has 0 aromatic heterocycles. The fourth-order valence-electron chi connectivity index (χ4n) is 1.14. The van der Waals surface area contributed by atoms with Gasteiger partial charge in [0.2, 0.25) is 0 Å². The van der Waals surface area contributed by atoms with Crippen molar-refractivity contribution in [2.24, 2.45) is 5.73 Å². The predicted molar refractivity (Wildman–Crippen MR) is 70.4 cm³/mol. The zero-order chi connectivity index (χ0) is 12.9. The van der Waals surface area contributed by atoms with E-state index in [0.717, 1.165) is 0 Å². The number of nitrogens with two attached hydrogens (primary N) is 1. The van der Waals surface area contributed by atoms with Crippen molar-refractivity contribution >= 4 is 18.3 Å². The molecule has 3 N–H and O–H groups in total. The zero-order valence-corrected chi connectivity index (χ0v) is 11.2. The van der Waals surface area contributed by atoms with Crippen LogP contribution in [0.1, 0.15) is 13.8 Å². The van der Waals surface area contributed by atoms with Crippen LogP contribution in [0.5, 0.6) is 5.75 Å². The lowest BCUT2D eigenvalue weighted by Gasteiger charge is -2.24. The first-order chi connectivity index (χ1) is 7.93. The average Bonchev–Trinajstić information content (AvgIpc) is 2.28. The predicted octanol–water partition coefficient (Wildman–Crippen LogP) is 1.48. The van der Waals surface area contributed by atoms with Crippen LogP contribution in [0.15, 0.2) is 24.3 Å². The Kier molecular flexibility index (Phi) is 6.65. The number of carbonyl (C=O) groups is 1. The standard InChI is InChI=1S/C12H17FN2O2.ClH/c1-12(2,8-14)15-11(16)7-17-10-5-3-9(13)4-6-10;/h3-6H,7-8,14H2,1-2H3,(H,15,16);1H. The van der Waals surface area contributed by atoms with Crippen LogP contribution >= 0.6 is 12.4 Å². The van der Waals surface area contributed by atoms with Gasteiger partial charge in [0.25, 0.3) is 5.91 Å². The van der Waals surface area contributed by atoms with Crippen LogP contribution in [0.3, 0.4) is 0 Å². The van der Waals surface area contributed by atoms with E-state index >= 15 is 0 Å². The molecule has 0 saturated heterocycles. The third-order valence-corrected chi connectivity index (χ3v) is 2.17. The average molecular weight is 277 g/mol. The van der Waals surface area contributed by atoms with Crippen molar-refractivity contribution in [1.82, 2.24) is 5.32 Å². The largest absolute Gasteiger partial charge is 0.484 e. The molecule has 0 bridgehead atoms. The lowest BCUT2D eigenvalue weighted by Crippen LogP contribution is -2.50. The van der Waals surface area contributed by atoms with Crippen LogP contribution in [-0.2, 0) is 4.79 Å². The first-order valence-corrected chi connectivity index (χ1v) is 5.32. The van der Waals surface area contributed by atoms with Crippen molar-refractivity contribution in [3.63, 3.8) is 0 Å². The second-order valence-electron chi connectivity index (χ2n) is 4.38. The van der Waals surface area contributed by atoms with E-state index in [4.69, 9.17) is 10.5 Å². The number of ether oxygens (including phenoxy) is 1. The Morgan fingerprint density at radius 2 is 1.94 bits per heavy atom. The summed E-state index contributed by atoms with van der Waals surface area (Å²) in [7, 11) is 0. The molecule has 102 valence electrons. The number of hydrogen-bond acceptors (Lipinski definition) is 3. The molecule has 4 nitrogen and oxygen atoms in total. The number of halogens is 2. The Bertz CT molecular complexity index is 382. The maximum Gasteiger partial charge on any atom is 0.258 e. The second kappa shape index (κ2) is 7.18. The van der Waals surface area contributed by atoms with E-state index in [1.807, 2.05) is 13.8 Å². The van der Waals surface area contributed by atoms with Crippen molar-refractivity contribution in [2.45, 2.75) is 19.4 Å². The zero-order valence-electron chi connectivity index (χ0n) is 10.4. The summed E-state index contributed by atoms with van der Waals surface area (Å²) in [5, 5.41) is 2.72. The van der Waals surface area contributed by atoms with Crippen molar-refractivity contribution in [3.8, 4) is 5.75 Å². The third-order valence-electron chi connectivity index (χ3n) is 2.17. The van der Waals surface area contributed by atoms with E-state index in [1.54, 1.807) is 0 Å². The summed E-state index contributed by atoms with van der Waals surface area (Å²) in [6, 6.07) is 5.49. The van der Waals surface area contributed by atoms with Gasteiger partial charge >= 0.3 is 0 Å². The fraction of sp³-hybridized carbons (Fsp3) is 0.417. The summed E-state index contributed by atoms with van der Waals surface area (Å²) in [5.41, 5.74) is 5.03. The Labute approximate surface area is 112 Å². The number of rotatable bonds is 5. The molecule has 0 aliphatic heterocycles. The summed E-state index contributed by atoms with van der Waals surface area (Å²) < 4.78 is 17.8. The van der Waals surface area contributed by atoms with Gasteiger partial charge in [-0.1, -0.05) is 0 Å². The SMILES string of the molecule is CC(C)(CN)NC(=O)COc1ccc(F)cc1.Cl. The molecular weight excluding hydrogens is 259 g/mol. The fourth-order valence-corrected chi connectivity index (χ4v) is 1.14. The molecule has 0 atom stereocenters. The van der Waals surface area contributed by atoms with Crippen molar-refractivity contribution in [1.29, 1.82) is 0 Å². The molecule has 0 aliphatic carbocycles. The molecule has 0 spiro atoms. The first kappa shape index (κ1) is 16.7. The van der Waals surface area contributed by atoms with Crippen LogP contribution in [0, 0.1) is 5.82 Å². The van der Waals surface area contributed by atoms with Crippen LogP contribution < -0.4 is 15.8 Å². The van der Waals surface area contributed by atoms with Crippen LogP contribution in [-0.4, -0.2) is 24.6 Å². The molecule has 0 unspecified atom stereocenters. The summed E-state index contributed by atoms with van der Waals surface area (Å²) in [5.74, 6) is -0.150. The number of hydrogen-bond donors (Lipinski definition) is 2. The van der Waals surface area contributed by atoms with E-state index < -0.39 is 5.54 Å². The summed E-state index contributed by atoms with van der Waals surface area (Å²) in [4.78, 5) is 11.5.